The molecule has 0 aliphatic heterocycles. The van der Waals surface area contributed by atoms with E-state index in [1.165, 1.54) is 55.2 Å². The number of para-hydroxylation sites is 3. The predicted octanol–water partition coefficient (Wildman–Crippen LogP) is 16.6. The first-order valence-corrected chi connectivity index (χ1v) is 21.3. The number of hydrogen-bond donors (Lipinski definition) is 0. The third-order valence-electron chi connectivity index (χ3n) is 12.0. The molecule has 292 valence electrons. The van der Waals surface area contributed by atoms with Gasteiger partial charge in [0.1, 0.15) is 0 Å². The Morgan fingerprint density at radius 3 is 1.48 bits per heavy atom. The number of nitrogens with zero attached hydrogens (tertiary/aromatic N) is 2. The fraction of sp³-hybridized carbons (Fsp3) is 0. The van der Waals surface area contributed by atoms with E-state index in [0.29, 0.717) is 0 Å². The highest BCUT2D eigenvalue weighted by Crippen LogP contribution is 2.50. The van der Waals surface area contributed by atoms with E-state index in [0.717, 1.165) is 45.0 Å². The highest BCUT2D eigenvalue weighted by molar-refractivity contribution is 6.10. The molecule has 0 aliphatic carbocycles. The molecule has 0 N–H and O–H groups in total. The van der Waals surface area contributed by atoms with Crippen LogP contribution in [0, 0.1) is 0 Å². The van der Waals surface area contributed by atoms with E-state index in [9.17, 15) is 0 Å². The Bertz CT molecular complexity index is 3330. The van der Waals surface area contributed by atoms with Crippen molar-refractivity contribution in [2.24, 2.45) is 0 Å². The summed E-state index contributed by atoms with van der Waals surface area (Å²) in [6.45, 7) is 0. The Morgan fingerprint density at radius 2 is 0.758 bits per heavy atom. The number of fused-ring (bicyclic) bond motifs is 3. The van der Waals surface area contributed by atoms with Crippen LogP contribution in [-0.4, -0.2) is 4.57 Å². The number of benzene rings is 10. The van der Waals surface area contributed by atoms with E-state index in [1.54, 1.807) is 0 Å². The summed E-state index contributed by atoms with van der Waals surface area (Å²) < 4.78 is 2.39. The molecule has 0 spiro atoms. The number of anilines is 3. The van der Waals surface area contributed by atoms with Crippen LogP contribution in [0.25, 0.3) is 83.1 Å². The molecule has 2 heteroatoms. The van der Waals surface area contributed by atoms with Crippen LogP contribution in [0.2, 0.25) is 0 Å². The quantitative estimate of drug-likeness (QED) is 0.141. The maximum atomic E-state index is 2.48. The normalized spacial score (nSPS) is 11.2. The average molecular weight is 791 g/mol. The molecule has 11 aromatic rings. The van der Waals surface area contributed by atoms with E-state index < -0.39 is 0 Å². The van der Waals surface area contributed by atoms with Crippen LogP contribution in [0.1, 0.15) is 0 Å². The van der Waals surface area contributed by atoms with Crippen molar-refractivity contribution in [1.82, 2.24) is 4.57 Å². The molecule has 0 radical (unpaired) electrons. The van der Waals surface area contributed by atoms with Gasteiger partial charge in [0.2, 0.25) is 0 Å². The molecule has 1 aromatic heterocycles. The monoisotopic (exact) mass is 790 g/mol. The zero-order valence-corrected chi connectivity index (χ0v) is 34.1. The minimum absolute atomic E-state index is 1.07. The molecular weight excluding hydrogens is 749 g/mol. The van der Waals surface area contributed by atoms with E-state index in [-0.39, 0.29) is 0 Å². The van der Waals surface area contributed by atoms with Gasteiger partial charge in [-0.15, -0.1) is 0 Å². The minimum Gasteiger partial charge on any atom is -0.309 e. The van der Waals surface area contributed by atoms with E-state index in [4.69, 9.17) is 0 Å². The van der Waals surface area contributed by atoms with E-state index >= 15 is 0 Å². The third-order valence-corrected chi connectivity index (χ3v) is 12.0. The molecule has 0 fully saturated rings. The fourth-order valence-corrected chi connectivity index (χ4v) is 9.21. The van der Waals surface area contributed by atoms with Gasteiger partial charge in [0.15, 0.2) is 0 Å². The first-order valence-electron chi connectivity index (χ1n) is 21.3. The van der Waals surface area contributed by atoms with Gasteiger partial charge in [-0.1, -0.05) is 206 Å². The van der Waals surface area contributed by atoms with Gasteiger partial charge >= 0.3 is 0 Å². The van der Waals surface area contributed by atoms with E-state index in [1.807, 2.05) is 0 Å². The summed E-state index contributed by atoms with van der Waals surface area (Å²) in [6, 6.07) is 92.2. The van der Waals surface area contributed by atoms with Gasteiger partial charge in [0.25, 0.3) is 0 Å². The molecule has 10 aromatic carbocycles. The summed E-state index contributed by atoms with van der Waals surface area (Å²) in [5.74, 6) is 0. The van der Waals surface area contributed by atoms with Crippen molar-refractivity contribution in [2.75, 3.05) is 4.90 Å². The second kappa shape index (κ2) is 16.1. The first kappa shape index (κ1) is 36.8. The van der Waals surface area contributed by atoms with Crippen LogP contribution < -0.4 is 4.90 Å². The largest absolute Gasteiger partial charge is 0.309 e. The molecule has 2 nitrogen and oxygen atoms in total. The molecule has 1 heterocycles. The van der Waals surface area contributed by atoms with Crippen molar-refractivity contribution in [3.63, 3.8) is 0 Å². The van der Waals surface area contributed by atoms with Gasteiger partial charge in [-0.3, -0.25) is 0 Å². The zero-order chi connectivity index (χ0) is 41.2. The average Bonchev–Trinajstić information content (AvgIpc) is 3.69. The molecule has 0 saturated carbocycles. The summed E-state index contributed by atoms with van der Waals surface area (Å²) in [4.78, 5) is 2.48. The molecule has 11 rings (SSSR count). The van der Waals surface area contributed by atoms with Crippen molar-refractivity contribution in [1.29, 1.82) is 0 Å². The third kappa shape index (κ3) is 6.65. The van der Waals surface area contributed by atoms with Crippen LogP contribution in [0.3, 0.4) is 0 Å². The highest BCUT2D eigenvalue weighted by atomic mass is 15.1. The summed E-state index contributed by atoms with van der Waals surface area (Å²) in [7, 11) is 0. The number of hydrogen-bond acceptors (Lipinski definition) is 1. The topological polar surface area (TPSA) is 8.17 Å². The van der Waals surface area contributed by atoms with Gasteiger partial charge in [-0.25, -0.2) is 0 Å². The molecule has 62 heavy (non-hydrogen) atoms. The molecule has 0 amide bonds. The van der Waals surface area contributed by atoms with Crippen LogP contribution in [-0.2, 0) is 0 Å². The van der Waals surface area contributed by atoms with Crippen LogP contribution in [0.4, 0.5) is 17.1 Å². The predicted molar refractivity (Wildman–Crippen MR) is 263 cm³/mol. The molecule has 0 aliphatic rings. The highest BCUT2D eigenvalue weighted by Gasteiger charge is 2.25. The smallest absolute Gasteiger partial charge is 0.0547 e. The second-order valence-corrected chi connectivity index (χ2v) is 15.7. The Balaban J connectivity index is 1.18. The second-order valence-electron chi connectivity index (χ2n) is 15.7. The molecule has 0 unspecified atom stereocenters. The van der Waals surface area contributed by atoms with Gasteiger partial charge in [0, 0.05) is 33.3 Å². The Labute approximate surface area is 362 Å². The summed E-state index contributed by atoms with van der Waals surface area (Å²) in [6.07, 6.45) is 0. The van der Waals surface area contributed by atoms with Gasteiger partial charge in [-0.05, 0) is 93.0 Å². The van der Waals surface area contributed by atoms with Gasteiger partial charge < -0.3 is 9.47 Å². The van der Waals surface area contributed by atoms with Crippen molar-refractivity contribution >= 4 is 38.9 Å². The molecule has 0 saturated heterocycles. The van der Waals surface area contributed by atoms with Crippen LogP contribution in [0.5, 0.6) is 0 Å². The lowest BCUT2D eigenvalue weighted by Gasteiger charge is -2.31. The minimum atomic E-state index is 1.07. The standard InChI is InChI=1S/C60H42N2/c1-5-21-43(22-6-1)50-31-13-14-34-55(50)60-52(45-25-9-3-10-26-45)35-20-38-58(60)62(56-36-17-15-32-51(56)44-23-7-2-8-24-44)49-30-19-27-46(41-49)47-39-40-54-53-33-16-18-37-57(53)61(59(54)42-47)48-28-11-4-12-29-48/h1-42H. The first-order chi connectivity index (χ1) is 30.8. The van der Waals surface area contributed by atoms with Crippen molar-refractivity contribution in [3.8, 4) is 61.3 Å². The van der Waals surface area contributed by atoms with Crippen LogP contribution in [0.15, 0.2) is 255 Å². The van der Waals surface area contributed by atoms with Gasteiger partial charge in [0.05, 0.1) is 22.4 Å². The lowest BCUT2D eigenvalue weighted by molar-refractivity contribution is 1.18. The van der Waals surface area contributed by atoms with Crippen molar-refractivity contribution < 1.29 is 0 Å². The zero-order valence-electron chi connectivity index (χ0n) is 34.1. The molecular formula is C60H42N2. The van der Waals surface area contributed by atoms with Gasteiger partial charge in [-0.2, -0.15) is 0 Å². The maximum absolute atomic E-state index is 2.48. The summed E-state index contributed by atoms with van der Waals surface area (Å²) in [5.41, 5.74) is 18.4. The Kier molecular flexibility index (Phi) is 9.57. The SMILES string of the molecule is c1ccc(-c2ccccc2-c2c(-c3ccccc3)cccc2N(c2cccc(-c3ccc4c5ccccc5n(-c5ccccc5)c4c3)c2)c2ccccc2-c2ccccc2)cc1. The summed E-state index contributed by atoms with van der Waals surface area (Å²) >= 11 is 0. The Morgan fingerprint density at radius 1 is 0.274 bits per heavy atom. The fourth-order valence-electron chi connectivity index (χ4n) is 9.21. The number of aromatic nitrogens is 1. The molecule has 0 atom stereocenters. The maximum Gasteiger partial charge on any atom is 0.0547 e. The van der Waals surface area contributed by atoms with Crippen molar-refractivity contribution in [3.05, 3.63) is 255 Å². The lowest BCUT2D eigenvalue weighted by atomic mass is 9.87. The van der Waals surface area contributed by atoms with Crippen LogP contribution >= 0.6 is 0 Å². The van der Waals surface area contributed by atoms with Crippen molar-refractivity contribution in [2.45, 2.75) is 0 Å². The van der Waals surface area contributed by atoms with E-state index in [2.05, 4.69) is 264 Å². The number of rotatable bonds is 9. The lowest BCUT2D eigenvalue weighted by Crippen LogP contribution is -2.13. The summed E-state index contributed by atoms with van der Waals surface area (Å²) in [5, 5.41) is 2.49. The molecule has 0 bridgehead atoms. The Hall–Kier alpha value is -8.20.